The van der Waals surface area contributed by atoms with Gasteiger partial charge in [0, 0.05) is 38.3 Å². The number of nitrogens with zero attached hydrogens (tertiary/aromatic N) is 4. The Balaban J connectivity index is 1.69. The number of carbonyl (C=O) groups is 1. The first-order chi connectivity index (χ1) is 14.8. The van der Waals surface area contributed by atoms with E-state index in [1.54, 1.807) is 0 Å². The van der Waals surface area contributed by atoms with Crippen LogP contribution in [-0.4, -0.2) is 73.6 Å². The van der Waals surface area contributed by atoms with Crippen molar-refractivity contribution < 1.29 is 27.4 Å². The van der Waals surface area contributed by atoms with E-state index in [-0.39, 0.29) is 43.2 Å². The van der Waals surface area contributed by atoms with E-state index in [1.807, 2.05) is 11.8 Å². The average Bonchev–Trinajstić information content (AvgIpc) is 2.74. The molecule has 3 aliphatic rings. The molecule has 4 heterocycles. The molecule has 2 fully saturated rings. The molecule has 0 radical (unpaired) electrons. The second kappa shape index (κ2) is 8.78. The molecule has 8 nitrogen and oxygen atoms in total. The van der Waals surface area contributed by atoms with Crippen LogP contribution in [0.2, 0.25) is 0 Å². The normalized spacial score (nSPS) is 25.4. The first-order valence-electron chi connectivity index (χ1n) is 10.7. The van der Waals surface area contributed by atoms with Crippen molar-refractivity contribution in [1.82, 2.24) is 9.55 Å². The van der Waals surface area contributed by atoms with Crippen molar-refractivity contribution in [3.63, 3.8) is 0 Å². The third-order valence-electron chi connectivity index (χ3n) is 6.25. The molecule has 0 spiro atoms. The predicted octanol–water partition coefficient (Wildman–Crippen LogP) is 1.78. The number of anilines is 2. The van der Waals surface area contributed by atoms with Gasteiger partial charge >= 0.3 is 6.18 Å². The van der Waals surface area contributed by atoms with E-state index in [2.05, 4.69) is 4.98 Å². The first-order valence-corrected chi connectivity index (χ1v) is 10.7. The average molecular weight is 444 g/mol. The van der Waals surface area contributed by atoms with Gasteiger partial charge in [-0.1, -0.05) is 0 Å². The second-order valence-corrected chi connectivity index (χ2v) is 8.36. The number of carbonyl (C=O) groups excluding carboxylic acids is 1. The van der Waals surface area contributed by atoms with Crippen LogP contribution >= 0.6 is 0 Å². The Morgan fingerprint density at radius 3 is 2.58 bits per heavy atom. The predicted molar refractivity (Wildman–Crippen MR) is 107 cm³/mol. The van der Waals surface area contributed by atoms with E-state index in [4.69, 9.17) is 9.47 Å². The van der Waals surface area contributed by atoms with Crippen LogP contribution in [0.3, 0.4) is 0 Å². The van der Waals surface area contributed by atoms with Gasteiger partial charge in [0.25, 0.3) is 5.56 Å². The molecule has 0 aliphatic carbocycles. The van der Waals surface area contributed by atoms with Crippen LogP contribution in [0.5, 0.6) is 0 Å². The van der Waals surface area contributed by atoms with Crippen molar-refractivity contribution >= 4 is 17.5 Å². The van der Waals surface area contributed by atoms with Crippen molar-refractivity contribution in [2.24, 2.45) is 5.92 Å². The highest BCUT2D eigenvalue weighted by molar-refractivity contribution is 5.85. The monoisotopic (exact) mass is 444 g/mol. The molecule has 0 bridgehead atoms. The zero-order chi connectivity index (χ0) is 22.2. The van der Waals surface area contributed by atoms with E-state index in [1.165, 1.54) is 4.90 Å². The van der Waals surface area contributed by atoms with E-state index in [0.29, 0.717) is 56.2 Å². The van der Waals surface area contributed by atoms with Crippen molar-refractivity contribution in [2.75, 3.05) is 55.9 Å². The van der Waals surface area contributed by atoms with Crippen LogP contribution in [-0.2, 0) is 14.3 Å². The minimum absolute atomic E-state index is 0.00763. The molecule has 31 heavy (non-hydrogen) atoms. The number of ketones is 1. The van der Waals surface area contributed by atoms with E-state index in [9.17, 15) is 22.8 Å². The number of ether oxygens (including phenoxy) is 2. The molecule has 0 amide bonds. The number of Topliss-reactive ketones (excluding diaryl/α,β-unsaturated/α-hetero) is 1. The number of morpholine rings is 1. The van der Waals surface area contributed by atoms with Crippen molar-refractivity contribution in [2.45, 2.75) is 44.4 Å². The summed E-state index contributed by atoms with van der Waals surface area (Å²) in [6.45, 7) is 4.22. The largest absolute Gasteiger partial charge is 0.409 e. The number of aromatic nitrogens is 2. The van der Waals surface area contributed by atoms with Gasteiger partial charge in [0.15, 0.2) is 5.78 Å². The summed E-state index contributed by atoms with van der Waals surface area (Å²) in [7, 11) is 0. The molecule has 0 saturated carbocycles. The third-order valence-corrected chi connectivity index (χ3v) is 6.25. The summed E-state index contributed by atoms with van der Waals surface area (Å²) < 4.78 is 52.5. The summed E-state index contributed by atoms with van der Waals surface area (Å²) in [5.74, 6) is -0.00928. The number of halogens is 3. The van der Waals surface area contributed by atoms with Crippen LogP contribution in [0.4, 0.5) is 24.9 Å². The lowest BCUT2D eigenvalue weighted by Gasteiger charge is -2.39. The Labute approximate surface area is 177 Å². The molecule has 0 N–H and O–H groups in total. The van der Waals surface area contributed by atoms with Crippen LogP contribution in [0.1, 0.15) is 32.2 Å². The van der Waals surface area contributed by atoms with Gasteiger partial charge in [-0.05, 0) is 26.2 Å². The minimum Gasteiger partial charge on any atom is -0.381 e. The Morgan fingerprint density at radius 2 is 1.90 bits per heavy atom. The van der Waals surface area contributed by atoms with E-state index >= 15 is 0 Å². The minimum atomic E-state index is -4.58. The summed E-state index contributed by atoms with van der Waals surface area (Å²) in [6.07, 6.45) is -3.68. The van der Waals surface area contributed by atoms with Gasteiger partial charge in [0.05, 0.1) is 25.8 Å². The third kappa shape index (κ3) is 4.57. The maximum atomic E-state index is 13.7. The number of rotatable bonds is 4. The molecule has 172 valence electrons. The molecule has 11 heteroatoms. The van der Waals surface area contributed by atoms with Crippen LogP contribution in [0, 0.1) is 5.92 Å². The van der Waals surface area contributed by atoms with Gasteiger partial charge in [-0.25, -0.2) is 0 Å². The Morgan fingerprint density at radius 1 is 1.16 bits per heavy atom. The molecule has 1 aromatic heterocycles. The van der Waals surface area contributed by atoms with Gasteiger partial charge in [0.1, 0.15) is 11.9 Å². The molecule has 2 saturated heterocycles. The Kier molecular flexibility index (Phi) is 6.25. The Bertz CT molecular complexity index is 869. The maximum absolute atomic E-state index is 13.7. The fourth-order valence-corrected chi connectivity index (χ4v) is 4.50. The first kappa shape index (κ1) is 22.1. The topological polar surface area (TPSA) is 76.9 Å². The van der Waals surface area contributed by atoms with Crippen LogP contribution in [0.15, 0.2) is 10.9 Å². The smallest absolute Gasteiger partial charge is 0.381 e. The fraction of sp³-hybridized carbons (Fsp3) is 0.750. The molecule has 4 rings (SSSR count). The van der Waals surface area contributed by atoms with E-state index < -0.39 is 17.8 Å². The van der Waals surface area contributed by atoms with E-state index in [0.717, 1.165) is 6.07 Å². The van der Waals surface area contributed by atoms with Gasteiger partial charge in [-0.2, -0.15) is 18.2 Å². The summed E-state index contributed by atoms with van der Waals surface area (Å²) in [5.41, 5.74) is -0.760. The number of fused-ring (bicyclic) bond motifs is 1. The number of alkyl halides is 3. The van der Waals surface area contributed by atoms with Gasteiger partial charge in [-0.3, -0.25) is 14.2 Å². The summed E-state index contributed by atoms with van der Waals surface area (Å²) in [4.78, 5) is 33.5. The lowest BCUT2D eigenvalue weighted by Crippen LogP contribution is -2.49. The van der Waals surface area contributed by atoms with Crippen molar-refractivity contribution in [3.8, 4) is 0 Å². The molecule has 3 aliphatic heterocycles. The Hall–Kier alpha value is -2.14. The summed E-state index contributed by atoms with van der Waals surface area (Å²) in [6, 6.07) is -0.857. The molecule has 0 aromatic carbocycles. The number of hydrogen-bond acceptors (Lipinski definition) is 7. The van der Waals surface area contributed by atoms with Crippen LogP contribution in [0.25, 0.3) is 0 Å². The quantitative estimate of drug-likeness (QED) is 0.701. The molecule has 2 atom stereocenters. The van der Waals surface area contributed by atoms with Gasteiger partial charge in [0.2, 0.25) is 5.95 Å². The zero-order valence-corrected chi connectivity index (χ0v) is 17.4. The van der Waals surface area contributed by atoms with Crippen LogP contribution < -0.4 is 15.4 Å². The SMILES string of the molecule is CC1COCCN1c1cc(=O)n2c(n1)N(CC(=O)C1CCOCC1)CCC2C(F)(F)F. The standard InChI is InChI=1S/C20H27F3N4O4/c1-13-12-31-9-6-26(13)17-10-18(29)27-16(20(21,22)23)2-5-25(19(27)24-17)11-15(28)14-3-7-30-8-4-14/h10,13-14,16H,2-9,11-12H2,1H3. The molecule has 2 unspecified atom stereocenters. The van der Waals surface area contributed by atoms with Crippen molar-refractivity contribution in [3.05, 3.63) is 16.4 Å². The molecular weight excluding hydrogens is 417 g/mol. The lowest BCUT2D eigenvalue weighted by molar-refractivity contribution is -0.170. The zero-order valence-electron chi connectivity index (χ0n) is 17.4. The fourth-order valence-electron chi connectivity index (χ4n) is 4.50. The highest BCUT2D eigenvalue weighted by Gasteiger charge is 2.46. The van der Waals surface area contributed by atoms with Gasteiger partial charge in [-0.15, -0.1) is 0 Å². The molecular formula is C20H27F3N4O4. The second-order valence-electron chi connectivity index (χ2n) is 8.36. The maximum Gasteiger partial charge on any atom is 0.409 e. The van der Waals surface area contributed by atoms with Crippen molar-refractivity contribution in [1.29, 1.82) is 0 Å². The molecule has 1 aromatic rings. The number of hydrogen-bond donors (Lipinski definition) is 0. The lowest BCUT2D eigenvalue weighted by atomic mass is 9.95. The highest BCUT2D eigenvalue weighted by Crippen LogP contribution is 2.38. The highest BCUT2D eigenvalue weighted by atomic mass is 19.4. The summed E-state index contributed by atoms with van der Waals surface area (Å²) >= 11 is 0. The summed E-state index contributed by atoms with van der Waals surface area (Å²) in [5, 5.41) is 0. The van der Waals surface area contributed by atoms with Gasteiger partial charge < -0.3 is 19.3 Å².